The van der Waals surface area contributed by atoms with E-state index in [1.165, 1.54) is 11.3 Å². The van der Waals surface area contributed by atoms with Gasteiger partial charge in [-0.25, -0.2) is 4.98 Å². The van der Waals surface area contributed by atoms with E-state index in [4.69, 9.17) is 0 Å². The average molecular weight is 216 g/mol. The molecule has 5 heteroatoms. The van der Waals surface area contributed by atoms with E-state index < -0.39 is 0 Å². The second-order valence-corrected chi connectivity index (χ2v) is 3.54. The normalized spacial score (nSPS) is 11.5. The third-order valence-electron chi connectivity index (χ3n) is 1.56. The molecular formula is C10H8N4S. The highest BCUT2D eigenvalue weighted by Crippen LogP contribution is 1.99. The Morgan fingerprint density at radius 2 is 2.00 bits per heavy atom. The number of rotatable bonds is 3. The molecule has 0 aliphatic heterocycles. The zero-order valence-corrected chi connectivity index (χ0v) is 8.63. The summed E-state index contributed by atoms with van der Waals surface area (Å²) in [5.41, 5.74) is 0.786. The Kier molecular flexibility index (Phi) is 3.30. The zero-order valence-electron chi connectivity index (χ0n) is 7.82. The average Bonchev–Trinajstić information content (AvgIpc) is 2.79. The van der Waals surface area contributed by atoms with Crippen molar-refractivity contribution >= 4 is 23.8 Å². The van der Waals surface area contributed by atoms with Gasteiger partial charge in [-0.1, -0.05) is 6.07 Å². The Hall–Kier alpha value is -1.88. The Balaban J connectivity index is 1.96. The molecule has 0 aromatic carbocycles. The van der Waals surface area contributed by atoms with Gasteiger partial charge in [-0.3, -0.25) is 4.98 Å². The van der Waals surface area contributed by atoms with Crippen molar-refractivity contribution in [1.29, 1.82) is 0 Å². The van der Waals surface area contributed by atoms with Crippen molar-refractivity contribution in [2.45, 2.75) is 0 Å². The number of pyridine rings is 1. The van der Waals surface area contributed by atoms with Gasteiger partial charge in [-0.2, -0.15) is 10.2 Å². The topological polar surface area (TPSA) is 50.5 Å². The maximum Gasteiger partial charge on any atom is 0.136 e. The minimum absolute atomic E-state index is 0.786. The molecule has 0 unspecified atom stereocenters. The summed E-state index contributed by atoms with van der Waals surface area (Å²) in [4.78, 5) is 8.12. The first-order valence-corrected chi connectivity index (χ1v) is 5.20. The third-order valence-corrected chi connectivity index (χ3v) is 2.27. The second kappa shape index (κ2) is 5.11. The Labute approximate surface area is 91.1 Å². The molecule has 2 heterocycles. The first-order valence-electron chi connectivity index (χ1n) is 4.32. The van der Waals surface area contributed by atoms with Crippen molar-refractivity contribution in [1.82, 2.24) is 9.97 Å². The molecule has 0 atom stereocenters. The Morgan fingerprint density at radius 1 is 1.07 bits per heavy atom. The van der Waals surface area contributed by atoms with Crippen LogP contribution >= 0.6 is 11.3 Å². The highest BCUT2D eigenvalue weighted by molar-refractivity contribution is 7.11. The lowest BCUT2D eigenvalue weighted by molar-refractivity contribution is 1.23. The van der Waals surface area contributed by atoms with Crippen LogP contribution in [0.4, 0.5) is 0 Å². The predicted molar refractivity (Wildman–Crippen MR) is 61.5 cm³/mol. The maximum atomic E-state index is 4.08. The van der Waals surface area contributed by atoms with Crippen LogP contribution in [0.25, 0.3) is 0 Å². The molecular weight excluding hydrogens is 208 g/mol. The molecule has 2 aromatic rings. The molecule has 4 nitrogen and oxygen atoms in total. The fourth-order valence-electron chi connectivity index (χ4n) is 0.926. The van der Waals surface area contributed by atoms with E-state index in [1.807, 2.05) is 23.6 Å². The van der Waals surface area contributed by atoms with E-state index in [1.54, 1.807) is 24.8 Å². The molecule has 2 aromatic heterocycles. The van der Waals surface area contributed by atoms with Gasteiger partial charge in [0.2, 0.25) is 0 Å². The monoisotopic (exact) mass is 216 g/mol. The molecule has 0 radical (unpaired) electrons. The summed E-state index contributed by atoms with van der Waals surface area (Å²) in [6.07, 6.45) is 6.66. The maximum absolute atomic E-state index is 4.08. The number of hydrogen-bond donors (Lipinski definition) is 0. The lowest BCUT2D eigenvalue weighted by atomic mass is 10.4. The van der Waals surface area contributed by atoms with Crippen LogP contribution in [0.5, 0.6) is 0 Å². The van der Waals surface area contributed by atoms with Crippen molar-refractivity contribution in [2.75, 3.05) is 0 Å². The Morgan fingerprint density at radius 3 is 2.73 bits per heavy atom. The fraction of sp³-hybridized carbons (Fsp3) is 0. The minimum atomic E-state index is 0.786. The number of nitrogens with zero attached hydrogens (tertiary/aromatic N) is 4. The molecule has 0 aliphatic carbocycles. The zero-order chi connectivity index (χ0) is 10.3. The Bertz CT molecular complexity index is 448. The van der Waals surface area contributed by atoms with Gasteiger partial charge in [-0.05, 0) is 12.1 Å². The first kappa shape index (κ1) is 9.67. The molecule has 2 rings (SSSR count). The summed E-state index contributed by atoms with van der Waals surface area (Å²) < 4.78 is 0. The molecule has 74 valence electrons. The van der Waals surface area contributed by atoms with Crippen LogP contribution in [0.2, 0.25) is 0 Å². The third kappa shape index (κ3) is 3.07. The molecule has 0 aliphatic rings. The van der Waals surface area contributed by atoms with Crippen molar-refractivity contribution in [2.24, 2.45) is 10.2 Å². The SMILES string of the molecule is C(=N\N=C\c1nccs1)/c1ccccn1. The van der Waals surface area contributed by atoms with Crippen molar-refractivity contribution in [3.63, 3.8) is 0 Å². The fourth-order valence-corrected chi connectivity index (χ4v) is 1.42. The standard InChI is InChI=1S/C10H8N4S/c1-2-4-11-9(3-1)7-13-14-8-10-12-5-6-15-10/h1-8H/b13-7+,14-8+. The number of hydrogen-bond acceptors (Lipinski definition) is 5. The molecule has 0 bridgehead atoms. The van der Waals surface area contributed by atoms with Crippen molar-refractivity contribution < 1.29 is 0 Å². The van der Waals surface area contributed by atoms with Crippen LogP contribution in [-0.4, -0.2) is 22.4 Å². The van der Waals surface area contributed by atoms with Gasteiger partial charge >= 0.3 is 0 Å². The predicted octanol–water partition coefficient (Wildman–Crippen LogP) is 1.99. The van der Waals surface area contributed by atoms with Gasteiger partial charge in [0, 0.05) is 17.8 Å². The highest BCUT2D eigenvalue weighted by Gasteiger charge is 1.86. The van der Waals surface area contributed by atoms with Crippen LogP contribution in [0.3, 0.4) is 0 Å². The van der Waals surface area contributed by atoms with Gasteiger partial charge in [0.1, 0.15) is 5.01 Å². The van der Waals surface area contributed by atoms with Gasteiger partial charge in [-0.15, -0.1) is 11.3 Å². The first-order chi connectivity index (χ1) is 7.45. The summed E-state index contributed by atoms with van der Waals surface area (Å²) in [5, 5.41) is 10.5. The van der Waals surface area contributed by atoms with E-state index in [2.05, 4.69) is 20.2 Å². The molecule has 0 spiro atoms. The number of thiazole rings is 1. The highest BCUT2D eigenvalue weighted by atomic mass is 32.1. The van der Waals surface area contributed by atoms with Gasteiger partial charge in [0.05, 0.1) is 18.1 Å². The summed E-state index contributed by atoms with van der Waals surface area (Å²) >= 11 is 1.52. The van der Waals surface area contributed by atoms with Crippen LogP contribution in [-0.2, 0) is 0 Å². The van der Waals surface area contributed by atoms with Gasteiger partial charge < -0.3 is 0 Å². The smallest absolute Gasteiger partial charge is 0.136 e. The van der Waals surface area contributed by atoms with Crippen LogP contribution in [0, 0.1) is 0 Å². The summed E-state index contributed by atoms with van der Waals surface area (Å²) in [6.45, 7) is 0. The van der Waals surface area contributed by atoms with Gasteiger partial charge in [0.25, 0.3) is 0 Å². The summed E-state index contributed by atoms with van der Waals surface area (Å²) in [6, 6.07) is 5.62. The molecule has 15 heavy (non-hydrogen) atoms. The quantitative estimate of drug-likeness (QED) is 0.582. The van der Waals surface area contributed by atoms with Gasteiger partial charge in [0.15, 0.2) is 0 Å². The molecule has 0 saturated carbocycles. The molecule has 0 amide bonds. The van der Waals surface area contributed by atoms with Crippen LogP contribution < -0.4 is 0 Å². The van der Waals surface area contributed by atoms with E-state index in [0.29, 0.717) is 0 Å². The molecule has 0 saturated heterocycles. The molecule has 0 N–H and O–H groups in total. The van der Waals surface area contributed by atoms with E-state index in [0.717, 1.165) is 10.7 Å². The van der Waals surface area contributed by atoms with Crippen molar-refractivity contribution in [3.8, 4) is 0 Å². The lowest BCUT2D eigenvalue weighted by Crippen LogP contribution is -1.83. The van der Waals surface area contributed by atoms with E-state index in [-0.39, 0.29) is 0 Å². The summed E-state index contributed by atoms with van der Waals surface area (Å²) in [5.74, 6) is 0. The number of aromatic nitrogens is 2. The van der Waals surface area contributed by atoms with Crippen LogP contribution in [0.1, 0.15) is 10.7 Å². The van der Waals surface area contributed by atoms with Crippen LogP contribution in [0.15, 0.2) is 46.2 Å². The summed E-state index contributed by atoms with van der Waals surface area (Å²) in [7, 11) is 0. The van der Waals surface area contributed by atoms with E-state index >= 15 is 0 Å². The van der Waals surface area contributed by atoms with E-state index in [9.17, 15) is 0 Å². The largest absolute Gasteiger partial charge is 0.255 e. The van der Waals surface area contributed by atoms with Crippen molar-refractivity contribution in [3.05, 3.63) is 46.7 Å². The lowest BCUT2D eigenvalue weighted by Gasteiger charge is -1.86. The minimum Gasteiger partial charge on any atom is -0.255 e. The molecule has 0 fully saturated rings. The second-order valence-electron chi connectivity index (χ2n) is 2.61.